The zero-order valence-electron chi connectivity index (χ0n) is 10.7. The second kappa shape index (κ2) is 9.13. The van der Waals surface area contributed by atoms with Gasteiger partial charge in [0.2, 0.25) is 0 Å². The average molecular weight is 218 g/mol. The summed E-state index contributed by atoms with van der Waals surface area (Å²) in [6.07, 6.45) is 4.33. The van der Waals surface area contributed by atoms with E-state index in [-0.39, 0.29) is 0 Å². The van der Waals surface area contributed by atoms with Gasteiger partial charge in [-0.2, -0.15) is 0 Å². The van der Waals surface area contributed by atoms with Gasteiger partial charge in [0.05, 0.1) is 13.2 Å². The molecular weight excluding hydrogens is 192 g/mol. The fourth-order valence-electron chi connectivity index (χ4n) is 1.19. The van der Waals surface area contributed by atoms with Crippen molar-refractivity contribution in [3.05, 3.63) is 0 Å². The normalized spacial score (nSPS) is 12.0. The summed E-state index contributed by atoms with van der Waals surface area (Å²) in [5, 5.41) is 0. The molecule has 0 fully saturated rings. The Balaban J connectivity index is 3.83. The second-order valence-electron chi connectivity index (χ2n) is 3.70. The molecular formula is C12H26O3. The van der Waals surface area contributed by atoms with Crippen LogP contribution >= 0.6 is 0 Å². The lowest BCUT2D eigenvalue weighted by Crippen LogP contribution is -2.36. The summed E-state index contributed by atoms with van der Waals surface area (Å²) < 4.78 is 16.7. The maximum atomic E-state index is 5.61. The van der Waals surface area contributed by atoms with Crippen LogP contribution in [0.3, 0.4) is 0 Å². The molecule has 0 aromatic carbocycles. The van der Waals surface area contributed by atoms with Crippen LogP contribution in [-0.4, -0.2) is 25.8 Å². The van der Waals surface area contributed by atoms with Crippen molar-refractivity contribution < 1.29 is 14.2 Å². The van der Waals surface area contributed by atoms with Crippen LogP contribution in [-0.2, 0) is 14.2 Å². The van der Waals surface area contributed by atoms with Gasteiger partial charge in [-0.15, -0.1) is 0 Å². The van der Waals surface area contributed by atoms with Crippen LogP contribution in [0.4, 0.5) is 0 Å². The van der Waals surface area contributed by atoms with E-state index in [0.29, 0.717) is 19.8 Å². The minimum atomic E-state index is -0.848. The number of ether oxygens (including phenoxy) is 3. The number of unbranched alkanes of at least 4 members (excludes halogenated alkanes) is 2. The fourth-order valence-corrected chi connectivity index (χ4v) is 1.19. The molecule has 15 heavy (non-hydrogen) atoms. The first-order valence-electron chi connectivity index (χ1n) is 6.10. The van der Waals surface area contributed by atoms with Crippen molar-refractivity contribution in [3.63, 3.8) is 0 Å². The molecule has 0 saturated carbocycles. The monoisotopic (exact) mass is 218 g/mol. The van der Waals surface area contributed by atoms with E-state index < -0.39 is 5.97 Å². The summed E-state index contributed by atoms with van der Waals surface area (Å²) in [5.74, 6) is -0.848. The number of hydrogen-bond donors (Lipinski definition) is 0. The Morgan fingerprint density at radius 3 is 1.60 bits per heavy atom. The maximum absolute atomic E-state index is 5.61. The largest absolute Gasteiger partial charge is 0.328 e. The van der Waals surface area contributed by atoms with Gasteiger partial charge in [-0.3, -0.25) is 0 Å². The van der Waals surface area contributed by atoms with Crippen molar-refractivity contribution in [1.82, 2.24) is 0 Å². The third kappa shape index (κ3) is 7.77. The Bertz CT molecular complexity index is 127. The smallest absolute Gasteiger partial charge is 0.279 e. The third-order valence-corrected chi connectivity index (χ3v) is 2.13. The minimum Gasteiger partial charge on any atom is -0.328 e. The van der Waals surface area contributed by atoms with Crippen molar-refractivity contribution >= 4 is 0 Å². The summed E-state index contributed by atoms with van der Waals surface area (Å²) >= 11 is 0. The summed E-state index contributed by atoms with van der Waals surface area (Å²) in [5.41, 5.74) is 0. The predicted octanol–water partition coefficient (Wildman–Crippen LogP) is 3.33. The lowest BCUT2D eigenvalue weighted by Gasteiger charge is -2.29. The molecule has 0 aliphatic carbocycles. The molecule has 0 aromatic rings. The van der Waals surface area contributed by atoms with Crippen molar-refractivity contribution in [2.24, 2.45) is 0 Å². The quantitative estimate of drug-likeness (QED) is 0.416. The fraction of sp³-hybridized carbons (Fsp3) is 1.00. The van der Waals surface area contributed by atoms with Gasteiger partial charge in [0.25, 0.3) is 5.97 Å². The SMILES string of the molecule is CCCCOC(C)(OCC)OCCCC. The molecule has 0 saturated heterocycles. The third-order valence-electron chi connectivity index (χ3n) is 2.13. The van der Waals surface area contributed by atoms with Gasteiger partial charge in [-0.1, -0.05) is 26.7 Å². The summed E-state index contributed by atoms with van der Waals surface area (Å²) in [6.45, 7) is 10.1. The van der Waals surface area contributed by atoms with Crippen LogP contribution in [0.5, 0.6) is 0 Å². The standard InChI is InChI=1S/C12H26O3/c1-5-8-10-14-12(4,13-7-3)15-11-9-6-2/h5-11H2,1-4H3. The Morgan fingerprint density at radius 2 is 1.27 bits per heavy atom. The molecule has 3 heteroatoms. The maximum Gasteiger partial charge on any atom is 0.279 e. The van der Waals surface area contributed by atoms with E-state index in [4.69, 9.17) is 14.2 Å². The lowest BCUT2D eigenvalue weighted by molar-refractivity contribution is -0.368. The van der Waals surface area contributed by atoms with Crippen LogP contribution in [0.2, 0.25) is 0 Å². The Morgan fingerprint density at radius 1 is 0.800 bits per heavy atom. The Labute approximate surface area is 94.1 Å². The molecule has 0 aromatic heterocycles. The lowest BCUT2D eigenvalue weighted by atomic mass is 10.3. The highest BCUT2D eigenvalue weighted by Gasteiger charge is 2.25. The molecule has 0 atom stereocenters. The van der Waals surface area contributed by atoms with Crippen molar-refractivity contribution in [3.8, 4) is 0 Å². The van der Waals surface area contributed by atoms with E-state index in [1.807, 2.05) is 13.8 Å². The van der Waals surface area contributed by atoms with E-state index >= 15 is 0 Å². The molecule has 0 spiro atoms. The first-order valence-corrected chi connectivity index (χ1v) is 6.10. The van der Waals surface area contributed by atoms with Crippen molar-refractivity contribution in [2.45, 2.75) is 59.4 Å². The second-order valence-corrected chi connectivity index (χ2v) is 3.70. The summed E-state index contributed by atoms with van der Waals surface area (Å²) in [4.78, 5) is 0. The van der Waals surface area contributed by atoms with Crippen LogP contribution < -0.4 is 0 Å². The first-order chi connectivity index (χ1) is 7.18. The molecule has 0 heterocycles. The molecule has 92 valence electrons. The van der Waals surface area contributed by atoms with E-state index in [9.17, 15) is 0 Å². The summed E-state index contributed by atoms with van der Waals surface area (Å²) in [6, 6.07) is 0. The molecule has 0 amide bonds. The van der Waals surface area contributed by atoms with Gasteiger partial charge in [-0.25, -0.2) is 0 Å². The minimum absolute atomic E-state index is 0.606. The molecule has 0 unspecified atom stereocenters. The van der Waals surface area contributed by atoms with Crippen LogP contribution in [0, 0.1) is 0 Å². The van der Waals surface area contributed by atoms with E-state index in [1.54, 1.807) is 0 Å². The van der Waals surface area contributed by atoms with Gasteiger partial charge in [0, 0.05) is 13.5 Å². The summed E-state index contributed by atoms with van der Waals surface area (Å²) in [7, 11) is 0. The zero-order valence-corrected chi connectivity index (χ0v) is 10.7. The van der Waals surface area contributed by atoms with E-state index in [0.717, 1.165) is 25.7 Å². The van der Waals surface area contributed by atoms with Gasteiger partial charge in [0.1, 0.15) is 0 Å². The molecule has 0 rings (SSSR count). The van der Waals surface area contributed by atoms with Crippen LogP contribution in [0.1, 0.15) is 53.4 Å². The molecule has 0 aliphatic heterocycles. The van der Waals surface area contributed by atoms with Gasteiger partial charge >= 0.3 is 0 Å². The Hall–Kier alpha value is -0.120. The topological polar surface area (TPSA) is 27.7 Å². The number of rotatable bonds is 10. The molecule has 0 bridgehead atoms. The zero-order chi connectivity index (χ0) is 11.6. The predicted molar refractivity (Wildman–Crippen MR) is 61.8 cm³/mol. The highest BCUT2D eigenvalue weighted by Crippen LogP contribution is 2.15. The molecule has 0 aliphatic rings. The first kappa shape index (κ1) is 14.9. The van der Waals surface area contributed by atoms with Gasteiger partial charge in [0.15, 0.2) is 0 Å². The average Bonchev–Trinajstić information content (AvgIpc) is 2.19. The van der Waals surface area contributed by atoms with E-state index in [1.165, 1.54) is 0 Å². The highest BCUT2D eigenvalue weighted by atomic mass is 16.9. The highest BCUT2D eigenvalue weighted by molar-refractivity contribution is 4.49. The van der Waals surface area contributed by atoms with Crippen LogP contribution in [0.15, 0.2) is 0 Å². The molecule has 0 N–H and O–H groups in total. The Kier molecular flexibility index (Phi) is 9.06. The van der Waals surface area contributed by atoms with Crippen molar-refractivity contribution in [1.29, 1.82) is 0 Å². The van der Waals surface area contributed by atoms with Gasteiger partial charge < -0.3 is 14.2 Å². The van der Waals surface area contributed by atoms with E-state index in [2.05, 4.69) is 13.8 Å². The molecule has 0 radical (unpaired) electrons. The van der Waals surface area contributed by atoms with Crippen molar-refractivity contribution in [2.75, 3.05) is 19.8 Å². The molecule has 3 nitrogen and oxygen atoms in total. The van der Waals surface area contributed by atoms with Gasteiger partial charge in [-0.05, 0) is 19.8 Å². The number of hydrogen-bond acceptors (Lipinski definition) is 3. The van der Waals surface area contributed by atoms with Crippen LogP contribution in [0.25, 0.3) is 0 Å².